The summed E-state index contributed by atoms with van der Waals surface area (Å²) in [4.78, 5) is 11.5. The summed E-state index contributed by atoms with van der Waals surface area (Å²) in [5.74, 6) is 0.430. The third-order valence-corrected chi connectivity index (χ3v) is 3.24. The van der Waals surface area contributed by atoms with Gasteiger partial charge in [-0.15, -0.1) is 0 Å². The van der Waals surface area contributed by atoms with E-state index in [2.05, 4.69) is 10.6 Å². The first-order valence-electron chi connectivity index (χ1n) is 5.82. The van der Waals surface area contributed by atoms with E-state index in [0.717, 1.165) is 6.07 Å². The van der Waals surface area contributed by atoms with Crippen LogP contribution in [-0.4, -0.2) is 28.8 Å². The van der Waals surface area contributed by atoms with Crippen LogP contribution in [-0.2, 0) is 17.0 Å². The SMILES string of the molecule is C[S@@](=O)CCCNC(=O)Nc1ccccc1C(F)(F)F. The summed E-state index contributed by atoms with van der Waals surface area (Å²) in [5, 5.41) is 4.57. The van der Waals surface area contributed by atoms with E-state index in [0.29, 0.717) is 12.2 Å². The van der Waals surface area contributed by atoms with E-state index in [-0.39, 0.29) is 12.2 Å². The summed E-state index contributed by atoms with van der Waals surface area (Å²) in [6.45, 7) is 0.250. The number of amides is 2. The number of anilines is 1. The minimum absolute atomic E-state index is 0.250. The van der Waals surface area contributed by atoms with E-state index in [4.69, 9.17) is 0 Å². The Labute approximate surface area is 117 Å². The minimum Gasteiger partial charge on any atom is -0.338 e. The molecule has 1 atom stereocenters. The molecular weight excluding hydrogens is 293 g/mol. The Hall–Kier alpha value is -1.57. The Bertz CT molecular complexity index is 492. The lowest BCUT2D eigenvalue weighted by atomic mass is 10.1. The monoisotopic (exact) mass is 308 g/mol. The number of hydrogen-bond donors (Lipinski definition) is 2. The molecule has 0 aliphatic carbocycles. The van der Waals surface area contributed by atoms with Crippen LogP contribution in [0.2, 0.25) is 0 Å². The molecule has 0 radical (unpaired) electrons. The van der Waals surface area contributed by atoms with E-state index >= 15 is 0 Å². The summed E-state index contributed by atoms with van der Waals surface area (Å²) >= 11 is 0. The number of benzene rings is 1. The average Bonchev–Trinajstić information content (AvgIpc) is 2.34. The lowest BCUT2D eigenvalue weighted by molar-refractivity contribution is -0.136. The van der Waals surface area contributed by atoms with Crippen molar-refractivity contribution in [1.82, 2.24) is 5.32 Å². The van der Waals surface area contributed by atoms with E-state index < -0.39 is 28.6 Å². The number of nitrogens with one attached hydrogen (secondary N) is 2. The first-order valence-corrected chi connectivity index (χ1v) is 7.54. The second-order valence-electron chi connectivity index (χ2n) is 4.06. The van der Waals surface area contributed by atoms with Crippen molar-refractivity contribution in [3.8, 4) is 0 Å². The summed E-state index contributed by atoms with van der Waals surface area (Å²) in [6.07, 6.45) is -2.49. The van der Waals surface area contributed by atoms with Gasteiger partial charge in [-0.3, -0.25) is 4.21 Å². The molecule has 0 aliphatic rings. The number of carbonyl (C=O) groups excluding carboxylic acids is 1. The highest BCUT2D eigenvalue weighted by atomic mass is 32.2. The molecule has 1 rings (SSSR count). The van der Waals surface area contributed by atoms with Crippen LogP contribution in [0.1, 0.15) is 12.0 Å². The Morgan fingerprint density at radius 3 is 2.55 bits per heavy atom. The molecule has 1 aromatic rings. The molecule has 112 valence electrons. The number of carbonyl (C=O) groups is 1. The largest absolute Gasteiger partial charge is 0.418 e. The Morgan fingerprint density at radius 2 is 1.95 bits per heavy atom. The van der Waals surface area contributed by atoms with Gasteiger partial charge in [0, 0.05) is 29.4 Å². The van der Waals surface area contributed by atoms with Crippen LogP contribution in [0.5, 0.6) is 0 Å². The summed E-state index contributed by atoms with van der Waals surface area (Å²) < 4.78 is 48.9. The van der Waals surface area contributed by atoms with Crippen molar-refractivity contribution >= 4 is 22.5 Å². The summed E-state index contributed by atoms with van der Waals surface area (Å²) in [7, 11) is -0.954. The van der Waals surface area contributed by atoms with Crippen molar-refractivity contribution in [2.24, 2.45) is 0 Å². The quantitative estimate of drug-likeness (QED) is 0.822. The van der Waals surface area contributed by atoms with Crippen LogP contribution in [0.15, 0.2) is 24.3 Å². The molecule has 0 fully saturated rings. The highest BCUT2D eigenvalue weighted by molar-refractivity contribution is 7.84. The van der Waals surface area contributed by atoms with E-state index in [1.165, 1.54) is 18.2 Å². The fourth-order valence-corrected chi connectivity index (χ4v) is 2.03. The molecule has 0 unspecified atom stereocenters. The maximum Gasteiger partial charge on any atom is 0.418 e. The molecule has 1 aromatic carbocycles. The minimum atomic E-state index is -4.52. The lowest BCUT2D eigenvalue weighted by Gasteiger charge is -2.13. The third kappa shape index (κ3) is 5.60. The second kappa shape index (κ2) is 7.28. The smallest absolute Gasteiger partial charge is 0.338 e. The fraction of sp³-hybridized carbons (Fsp3) is 0.417. The maximum atomic E-state index is 12.7. The molecule has 0 saturated heterocycles. The topological polar surface area (TPSA) is 58.2 Å². The van der Waals surface area contributed by atoms with E-state index in [1.54, 1.807) is 6.26 Å². The molecule has 20 heavy (non-hydrogen) atoms. The van der Waals surface area contributed by atoms with Crippen LogP contribution >= 0.6 is 0 Å². The molecule has 0 aromatic heterocycles. The van der Waals surface area contributed by atoms with E-state index in [9.17, 15) is 22.2 Å². The normalized spacial score (nSPS) is 12.8. The zero-order valence-corrected chi connectivity index (χ0v) is 11.6. The number of rotatable bonds is 5. The molecule has 4 nitrogen and oxygen atoms in total. The van der Waals surface area contributed by atoms with Gasteiger partial charge in [0.15, 0.2) is 0 Å². The number of alkyl halides is 3. The van der Waals surface area contributed by atoms with Crippen LogP contribution in [0, 0.1) is 0 Å². The van der Waals surface area contributed by atoms with Crippen LogP contribution in [0.4, 0.5) is 23.7 Å². The van der Waals surface area contributed by atoms with Gasteiger partial charge in [0.25, 0.3) is 0 Å². The fourth-order valence-electron chi connectivity index (χ4n) is 1.48. The predicted molar refractivity (Wildman–Crippen MR) is 72.0 cm³/mol. The molecule has 8 heteroatoms. The van der Waals surface area contributed by atoms with Gasteiger partial charge in [-0.25, -0.2) is 4.79 Å². The van der Waals surface area contributed by atoms with Crippen molar-refractivity contribution < 1.29 is 22.2 Å². The van der Waals surface area contributed by atoms with E-state index in [1.807, 2.05) is 0 Å². The Morgan fingerprint density at radius 1 is 1.30 bits per heavy atom. The van der Waals surface area contributed by atoms with Crippen LogP contribution < -0.4 is 10.6 Å². The molecule has 0 spiro atoms. The first kappa shape index (κ1) is 16.5. The number of hydrogen-bond acceptors (Lipinski definition) is 2. The van der Waals surface area contributed by atoms with Gasteiger partial charge >= 0.3 is 12.2 Å². The Balaban J connectivity index is 2.56. The molecule has 2 amide bonds. The maximum absolute atomic E-state index is 12.7. The van der Waals surface area contributed by atoms with Crippen molar-refractivity contribution in [3.05, 3.63) is 29.8 Å². The Kier molecular flexibility index (Phi) is 6.00. The molecule has 0 bridgehead atoms. The van der Waals surface area contributed by atoms with Crippen molar-refractivity contribution in [1.29, 1.82) is 0 Å². The standard InChI is InChI=1S/C12H15F3N2O2S/c1-20(19)8-4-7-16-11(18)17-10-6-3-2-5-9(10)12(13,14)15/h2-3,5-6H,4,7-8H2,1H3,(H2,16,17,18)/t20-/m1/s1. The highest BCUT2D eigenvalue weighted by Gasteiger charge is 2.33. The van der Waals surface area contributed by atoms with Gasteiger partial charge in [0.2, 0.25) is 0 Å². The number of para-hydroxylation sites is 1. The zero-order valence-electron chi connectivity index (χ0n) is 10.8. The van der Waals surface area contributed by atoms with Gasteiger partial charge in [-0.2, -0.15) is 13.2 Å². The van der Waals surface area contributed by atoms with Crippen LogP contribution in [0.3, 0.4) is 0 Å². The van der Waals surface area contributed by atoms with Crippen molar-refractivity contribution in [2.45, 2.75) is 12.6 Å². The second-order valence-corrected chi connectivity index (χ2v) is 5.61. The predicted octanol–water partition coefficient (Wildman–Crippen LogP) is 2.60. The number of halogens is 3. The van der Waals surface area contributed by atoms with Gasteiger partial charge in [-0.05, 0) is 18.6 Å². The van der Waals surface area contributed by atoms with Crippen molar-refractivity contribution in [2.75, 3.05) is 23.9 Å². The van der Waals surface area contributed by atoms with Gasteiger partial charge < -0.3 is 10.6 Å². The molecule has 0 saturated carbocycles. The van der Waals surface area contributed by atoms with Gasteiger partial charge in [-0.1, -0.05) is 12.1 Å². The molecular formula is C12H15F3N2O2S. The van der Waals surface area contributed by atoms with Gasteiger partial charge in [0.05, 0.1) is 11.3 Å². The summed E-state index contributed by atoms with van der Waals surface area (Å²) in [6, 6.07) is 4.02. The molecule has 2 N–H and O–H groups in total. The van der Waals surface area contributed by atoms with Crippen LogP contribution in [0.25, 0.3) is 0 Å². The van der Waals surface area contributed by atoms with Crippen molar-refractivity contribution in [3.63, 3.8) is 0 Å². The lowest BCUT2D eigenvalue weighted by Crippen LogP contribution is -2.31. The first-order chi connectivity index (χ1) is 9.30. The summed E-state index contributed by atoms with van der Waals surface area (Å²) in [5.41, 5.74) is -1.19. The third-order valence-electron chi connectivity index (χ3n) is 2.37. The highest BCUT2D eigenvalue weighted by Crippen LogP contribution is 2.34. The number of urea groups is 1. The molecule has 0 heterocycles. The zero-order chi connectivity index (χ0) is 15.2. The average molecular weight is 308 g/mol. The molecule has 0 aliphatic heterocycles. The van der Waals surface area contributed by atoms with Gasteiger partial charge in [0.1, 0.15) is 0 Å².